The van der Waals surface area contributed by atoms with Crippen LogP contribution in [0.15, 0.2) is 68.8 Å². The van der Waals surface area contributed by atoms with Crippen molar-refractivity contribution >= 4 is 34.0 Å². The van der Waals surface area contributed by atoms with Crippen LogP contribution in [0.1, 0.15) is 12.5 Å². The van der Waals surface area contributed by atoms with Gasteiger partial charge in [-0.05, 0) is 37.3 Å². The molecular formula is C17H12ClNO2. The molecule has 0 aliphatic carbocycles. The maximum absolute atomic E-state index is 12.1. The average Bonchev–Trinajstić information content (AvgIpc) is 2.46. The van der Waals surface area contributed by atoms with E-state index >= 15 is 0 Å². The highest BCUT2D eigenvalue weighted by atomic mass is 35.5. The van der Waals surface area contributed by atoms with Gasteiger partial charge in [0.05, 0.1) is 17.0 Å². The summed E-state index contributed by atoms with van der Waals surface area (Å²) < 4.78 is 5.31. The quantitative estimate of drug-likeness (QED) is 0.513. The summed E-state index contributed by atoms with van der Waals surface area (Å²) in [5.41, 5.74) is 1.93. The van der Waals surface area contributed by atoms with Crippen LogP contribution in [0.2, 0.25) is 5.02 Å². The third-order valence-corrected chi connectivity index (χ3v) is 3.37. The zero-order valence-electron chi connectivity index (χ0n) is 11.3. The van der Waals surface area contributed by atoms with Gasteiger partial charge in [-0.1, -0.05) is 35.9 Å². The summed E-state index contributed by atoms with van der Waals surface area (Å²) >= 11 is 5.93. The molecular weight excluding hydrogens is 286 g/mol. The first-order chi connectivity index (χ1) is 10.1. The second-order valence-corrected chi connectivity index (χ2v) is 5.10. The standard InChI is InChI=1S/C17H12ClNO2/c1-11(19-14-7-4-6-13(18)10-14)15-9-12-5-2-3-8-16(12)21-17(15)20/h2-10H,1H3. The fourth-order valence-corrected chi connectivity index (χ4v) is 2.30. The number of para-hydroxylation sites is 1. The Morgan fingerprint density at radius 2 is 1.90 bits per heavy atom. The average molecular weight is 298 g/mol. The minimum absolute atomic E-state index is 0.392. The lowest BCUT2D eigenvalue weighted by molar-refractivity contribution is 0.559. The Balaban J connectivity index is 2.11. The normalized spacial score (nSPS) is 11.8. The third kappa shape index (κ3) is 2.88. The van der Waals surface area contributed by atoms with Gasteiger partial charge in [0.2, 0.25) is 0 Å². The van der Waals surface area contributed by atoms with E-state index in [1.54, 1.807) is 31.2 Å². The SMILES string of the molecule is CC(=Nc1cccc(Cl)c1)c1cc2ccccc2oc1=O. The Bertz CT molecular complexity index is 896. The Kier molecular flexibility index (Phi) is 3.59. The zero-order valence-corrected chi connectivity index (χ0v) is 12.1. The summed E-state index contributed by atoms with van der Waals surface area (Å²) in [6.07, 6.45) is 0. The Morgan fingerprint density at radius 1 is 1.10 bits per heavy atom. The molecule has 0 atom stereocenters. The minimum atomic E-state index is -0.392. The lowest BCUT2D eigenvalue weighted by atomic mass is 10.1. The highest BCUT2D eigenvalue weighted by Crippen LogP contribution is 2.19. The van der Waals surface area contributed by atoms with E-state index in [1.165, 1.54) is 0 Å². The van der Waals surface area contributed by atoms with Crippen LogP contribution in [0.4, 0.5) is 5.69 Å². The van der Waals surface area contributed by atoms with Crippen molar-refractivity contribution in [1.82, 2.24) is 0 Å². The van der Waals surface area contributed by atoms with Crippen molar-refractivity contribution < 1.29 is 4.42 Å². The molecule has 0 unspecified atom stereocenters. The molecule has 0 N–H and O–H groups in total. The first-order valence-electron chi connectivity index (χ1n) is 6.47. The second kappa shape index (κ2) is 5.54. The van der Waals surface area contributed by atoms with E-state index < -0.39 is 5.63 Å². The maximum Gasteiger partial charge on any atom is 0.345 e. The van der Waals surface area contributed by atoms with Crippen LogP contribution in [-0.2, 0) is 0 Å². The molecule has 0 bridgehead atoms. The van der Waals surface area contributed by atoms with Crippen molar-refractivity contribution in [1.29, 1.82) is 0 Å². The molecule has 3 rings (SSSR count). The molecule has 0 saturated heterocycles. The minimum Gasteiger partial charge on any atom is -0.422 e. The van der Waals surface area contributed by atoms with E-state index in [0.717, 1.165) is 5.39 Å². The molecule has 3 nitrogen and oxygen atoms in total. The smallest absolute Gasteiger partial charge is 0.345 e. The molecule has 1 aromatic heterocycles. The van der Waals surface area contributed by atoms with Crippen molar-refractivity contribution in [3.05, 3.63) is 75.6 Å². The van der Waals surface area contributed by atoms with E-state index in [2.05, 4.69) is 4.99 Å². The summed E-state index contributed by atoms with van der Waals surface area (Å²) in [4.78, 5) is 16.5. The predicted octanol–water partition coefficient (Wildman–Crippen LogP) is 4.59. The van der Waals surface area contributed by atoms with Crippen LogP contribution in [0.3, 0.4) is 0 Å². The second-order valence-electron chi connectivity index (χ2n) is 4.66. The van der Waals surface area contributed by atoms with Gasteiger partial charge in [0.1, 0.15) is 5.58 Å². The van der Waals surface area contributed by atoms with Gasteiger partial charge in [0.25, 0.3) is 0 Å². The van der Waals surface area contributed by atoms with Crippen LogP contribution < -0.4 is 5.63 Å². The molecule has 0 spiro atoms. The molecule has 0 saturated carbocycles. The summed E-state index contributed by atoms with van der Waals surface area (Å²) in [6, 6.07) is 16.4. The predicted molar refractivity (Wildman–Crippen MR) is 85.8 cm³/mol. The van der Waals surface area contributed by atoms with E-state index in [4.69, 9.17) is 16.0 Å². The van der Waals surface area contributed by atoms with E-state index in [9.17, 15) is 4.79 Å². The number of fused-ring (bicyclic) bond motifs is 1. The van der Waals surface area contributed by atoms with Crippen LogP contribution in [0, 0.1) is 0 Å². The molecule has 0 aliphatic rings. The summed E-state index contributed by atoms with van der Waals surface area (Å²) in [5.74, 6) is 0. The number of rotatable bonds is 2. The number of halogens is 1. The van der Waals surface area contributed by atoms with Gasteiger partial charge in [-0.25, -0.2) is 4.79 Å². The largest absolute Gasteiger partial charge is 0.422 e. The van der Waals surface area contributed by atoms with Gasteiger partial charge < -0.3 is 4.42 Å². The van der Waals surface area contributed by atoms with Gasteiger partial charge in [-0.3, -0.25) is 4.99 Å². The van der Waals surface area contributed by atoms with Gasteiger partial charge in [-0.15, -0.1) is 0 Å². The van der Waals surface area contributed by atoms with E-state index in [-0.39, 0.29) is 0 Å². The van der Waals surface area contributed by atoms with Crippen molar-refractivity contribution in [2.24, 2.45) is 4.99 Å². The monoisotopic (exact) mass is 297 g/mol. The van der Waals surface area contributed by atoms with Crippen LogP contribution in [-0.4, -0.2) is 5.71 Å². The first-order valence-corrected chi connectivity index (χ1v) is 6.85. The maximum atomic E-state index is 12.1. The van der Waals surface area contributed by atoms with Crippen LogP contribution in [0.25, 0.3) is 11.0 Å². The highest BCUT2D eigenvalue weighted by molar-refractivity contribution is 6.30. The Hall–Kier alpha value is -2.39. The van der Waals surface area contributed by atoms with Gasteiger partial charge in [0, 0.05) is 10.4 Å². The van der Waals surface area contributed by atoms with E-state index in [0.29, 0.717) is 27.6 Å². The molecule has 1 heterocycles. The van der Waals surface area contributed by atoms with Crippen molar-refractivity contribution in [3.8, 4) is 0 Å². The molecule has 4 heteroatoms. The number of hydrogen-bond donors (Lipinski definition) is 0. The van der Waals surface area contributed by atoms with Crippen molar-refractivity contribution in [3.63, 3.8) is 0 Å². The summed E-state index contributed by atoms with van der Waals surface area (Å²) in [7, 11) is 0. The van der Waals surface area contributed by atoms with Crippen molar-refractivity contribution in [2.45, 2.75) is 6.92 Å². The molecule has 3 aromatic rings. The highest BCUT2D eigenvalue weighted by Gasteiger charge is 2.08. The Labute approximate surface area is 126 Å². The molecule has 0 radical (unpaired) electrons. The van der Waals surface area contributed by atoms with Gasteiger partial charge in [-0.2, -0.15) is 0 Å². The lowest BCUT2D eigenvalue weighted by Crippen LogP contribution is -2.11. The molecule has 0 aliphatic heterocycles. The lowest BCUT2D eigenvalue weighted by Gasteiger charge is -2.02. The zero-order chi connectivity index (χ0) is 14.8. The summed E-state index contributed by atoms with van der Waals surface area (Å²) in [6.45, 7) is 1.78. The molecule has 0 amide bonds. The fourth-order valence-electron chi connectivity index (χ4n) is 2.11. The molecule has 2 aromatic carbocycles. The topological polar surface area (TPSA) is 42.6 Å². The van der Waals surface area contributed by atoms with E-state index in [1.807, 2.05) is 30.3 Å². The number of nitrogens with zero attached hydrogens (tertiary/aromatic N) is 1. The number of benzene rings is 2. The van der Waals surface area contributed by atoms with Gasteiger partial charge in [0.15, 0.2) is 0 Å². The third-order valence-electron chi connectivity index (χ3n) is 3.14. The van der Waals surface area contributed by atoms with Crippen LogP contribution >= 0.6 is 11.6 Å². The van der Waals surface area contributed by atoms with Crippen molar-refractivity contribution in [2.75, 3.05) is 0 Å². The Morgan fingerprint density at radius 3 is 2.71 bits per heavy atom. The fraction of sp³-hybridized carbons (Fsp3) is 0.0588. The molecule has 21 heavy (non-hydrogen) atoms. The van der Waals surface area contributed by atoms with Crippen LogP contribution in [0.5, 0.6) is 0 Å². The molecule has 104 valence electrons. The first kappa shape index (κ1) is 13.6. The molecule has 0 fully saturated rings. The number of aliphatic imine (C=N–C) groups is 1. The van der Waals surface area contributed by atoms with Gasteiger partial charge >= 0.3 is 5.63 Å². The number of hydrogen-bond acceptors (Lipinski definition) is 3. The summed E-state index contributed by atoms with van der Waals surface area (Å²) in [5, 5.41) is 1.47.